The number of hydrogen-bond donors (Lipinski definition) is 1. The molecule has 0 radical (unpaired) electrons. The summed E-state index contributed by atoms with van der Waals surface area (Å²) in [5, 5.41) is 9.12. The third kappa shape index (κ3) is 2.93. The van der Waals surface area contributed by atoms with Crippen LogP contribution in [0.1, 0.15) is 21.5 Å². The lowest BCUT2D eigenvalue weighted by atomic mass is 10.1. The van der Waals surface area contributed by atoms with Crippen LogP contribution in [0.25, 0.3) is 0 Å². The van der Waals surface area contributed by atoms with Crippen LogP contribution < -0.4 is 5.56 Å². The highest BCUT2D eigenvalue weighted by atomic mass is 79.9. The van der Waals surface area contributed by atoms with Gasteiger partial charge >= 0.3 is 5.97 Å². The molecular weight excluding hydrogens is 310 g/mol. The van der Waals surface area contributed by atoms with Crippen molar-refractivity contribution in [3.63, 3.8) is 0 Å². The number of aromatic nitrogens is 1. The Kier molecular flexibility index (Phi) is 3.85. The third-order valence-corrected chi connectivity index (χ3v) is 3.69. The molecule has 0 amide bonds. The Hall–Kier alpha value is -1.88. The summed E-state index contributed by atoms with van der Waals surface area (Å²) < 4.78 is 2.30. The van der Waals surface area contributed by atoms with Crippen molar-refractivity contribution in [3.05, 3.63) is 68.0 Å². The number of rotatable bonds is 3. The predicted molar refractivity (Wildman–Crippen MR) is 75.6 cm³/mol. The fraction of sp³-hybridized carbons (Fsp3) is 0.143. The number of nitrogens with zero attached hydrogens (tertiary/aromatic N) is 1. The van der Waals surface area contributed by atoms with Crippen LogP contribution in [0.3, 0.4) is 0 Å². The molecule has 1 N–H and O–H groups in total. The van der Waals surface area contributed by atoms with Crippen molar-refractivity contribution >= 4 is 21.9 Å². The van der Waals surface area contributed by atoms with Gasteiger partial charge in [-0.05, 0) is 40.0 Å². The van der Waals surface area contributed by atoms with Gasteiger partial charge in [0.2, 0.25) is 0 Å². The molecule has 1 heterocycles. The van der Waals surface area contributed by atoms with Gasteiger partial charge in [0, 0.05) is 16.7 Å². The highest BCUT2D eigenvalue weighted by molar-refractivity contribution is 9.10. The molecule has 19 heavy (non-hydrogen) atoms. The molecule has 0 fully saturated rings. The number of aryl methyl sites for hydroxylation is 1. The highest BCUT2D eigenvalue weighted by Gasteiger charge is 2.10. The second-order valence-corrected chi connectivity index (χ2v) is 5.09. The number of carboxylic acid groups (broad SMARTS) is 1. The summed E-state index contributed by atoms with van der Waals surface area (Å²) in [7, 11) is 0. The fourth-order valence-corrected chi connectivity index (χ4v) is 2.17. The summed E-state index contributed by atoms with van der Waals surface area (Å²) in [6.45, 7) is 2.07. The van der Waals surface area contributed by atoms with Crippen molar-refractivity contribution in [3.8, 4) is 0 Å². The highest BCUT2D eigenvalue weighted by Crippen LogP contribution is 2.14. The second kappa shape index (κ2) is 5.40. The molecule has 0 unspecified atom stereocenters. The molecular formula is C14H12BrNO3. The summed E-state index contributed by atoms with van der Waals surface area (Å²) in [6, 6.07) is 8.19. The van der Waals surface area contributed by atoms with E-state index < -0.39 is 5.97 Å². The number of carboxylic acids is 1. The van der Waals surface area contributed by atoms with Crippen LogP contribution in [0.2, 0.25) is 0 Å². The molecule has 5 heteroatoms. The quantitative estimate of drug-likeness (QED) is 0.945. The van der Waals surface area contributed by atoms with Gasteiger partial charge in [0.25, 0.3) is 5.56 Å². The van der Waals surface area contributed by atoms with Crippen LogP contribution in [0.4, 0.5) is 0 Å². The number of benzene rings is 1. The first-order valence-corrected chi connectivity index (χ1v) is 6.46. The van der Waals surface area contributed by atoms with E-state index in [1.54, 1.807) is 24.4 Å². The largest absolute Gasteiger partial charge is 0.478 e. The summed E-state index contributed by atoms with van der Waals surface area (Å²) in [6.07, 6.45) is 1.68. The molecule has 4 nitrogen and oxygen atoms in total. The molecule has 2 aromatic rings. The van der Waals surface area contributed by atoms with Gasteiger partial charge in [-0.15, -0.1) is 0 Å². The lowest BCUT2D eigenvalue weighted by molar-refractivity contribution is 0.0695. The number of aromatic carboxylic acids is 1. The van der Waals surface area contributed by atoms with Crippen molar-refractivity contribution in [2.75, 3.05) is 0 Å². The normalized spacial score (nSPS) is 10.4. The van der Waals surface area contributed by atoms with Gasteiger partial charge in [0.15, 0.2) is 0 Å². The Balaban J connectivity index is 2.45. The van der Waals surface area contributed by atoms with E-state index in [0.717, 1.165) is 10.0 Å². The van der Waals surface area contributed by atoms with Gasteiger partial charge in [-0.3, -0.25) is 4.79 Å². The van der Waals surface area contributed by atoms with Crippen LogP contribution in [0.5, 0.6) is 0 Å². The van der Waals surface area contributed by atoms with Crippen molar-refractivity contribution in [2.24, 2.45) is 0 Å². The van der Waals surface area contributed by atoms with Gasteiger partial charge in [-0.2, -0.15) is 0 Å². The number of pyridine rings is 1. The van der Waals surface area contributed by atoms with Crippen LogP contribution in [-0.2, 0) is 6.54 Å². The Morgan fingerprint density at radius 2 is 2.05 bits per heavy atom. The van der Waals surface area contributed by atoms with E-state index in [1.807, 2.05) is 6.92 Å². The van der Waals surface area contributed by atoms with E-state index in [9.17, 15) is 9.59 Å². The van der Waals surface area contributed by atoms with E-state index in [0.29, 0.717) is 5.56 Å². The Morgan fingerprint density at radius 1 is 1.37 bits per heavy atom. The van der Waals surface area contributed by atoms with Gasteiger partial charge in [-0.1, -0.05) is 18.2 Å². The topological polar surface area (TPSA) is 59.3 Å². The monoisotopic (exact) mass is 321 g/mol. The van der Waals surface area contributed by atoms with Crippen LogP contribution >= 0.6 is 15.9 Å². The lowest BCUT2D eigenvalue weighted by Gasteiger charge is -2.10. The van der Waals surface area contributed by atoms with Crippen molar-refractivity contribution in [2.45, 2.75) is 13.5 Å². The maximum atomic E-state index is 11.9. The van der Waals surface area contributed by atoms with Gasteiger partial charge in [-0.25, -0.2) is 4.79 Å². The van der Waals surface area contributed by atoms with Crippen molar-refractivity contribution in [1.29, 1.82) is 0 Å². The molecule has 98 valence electrons. The molecule has 1 aromatic heterocycles. The third-order valence-electron chi connectivity index (χ3n) is 2.86. The lowest BCUT2D eigenvalue weighted by Crippen LogP contribution is -2.21. The summed E-state index contributed by atoms with van der Waals surface area (Å²) in [4.78, 5) is 23.0. The molecule has 0 spiro atoms. The van der Waals surface area contributed by atoms with Crippen LogP contribution in [0.15, 0.2) is 45.8 Å². The van der Waals surface area contributed by atoms with Crippen LogP contribution in [-0.4, -0.2) is 15.6 Å². The number of hydrogen-bond acceptors (Lipinski definition) is 2. The molecule has 0 atom stereocenters. The SMILES string of the molecule is Cc1cc(=O)n(Cc2ccccc2C(=O)O)cc1Br. The van der Waals surface area contributed by atoms with Crippen molar-refractivity contribution in [1.82, 2.24) is 4.57 Å². The smallest absolute Gasteiger partial charge is 0.336 e. The number of halogens is 1. The predicted octanol–water partition coefficient (Wildman–Crippen LogP) is 2.67. The average molecular weight is 322 g/mol. The molecule has 0 aliphatic rings. The van der Waals surface area contributed by atoms with E-state index in [-0.39, 0.29) is 17.7 Å². The second-order valence-electron chi connectivity index (χ2n) is 4.23. The van der Waals surface area contributed by atoms with Gasteiger partial charge < -0.3 is 9.67 Å². The molecule has 0 bridgehead atoms. The molecule has 0 aliphatic carbocycles. The Morgan fingerprint density at radius 3 is 2.74 bits per heavy atom. The molecule has 0 saturated heterocycles. The van der Waals surface area contributed by atoms with Gasteiger partial charge in [0.1, 0.15) is 0 Å². The minimum absolute atomic E-state index is 0.152. The zero-order valence-electron chi connectivity index (χ0n) is 10.3. The first-order valence-electron chi connectivity index (χ1n) is 5.67. The fourth-order valence-electron chi connectivity index (χ4n) is 1.81. The van der Waals surface area contributed by atoms with E-state index in [2.05, 4.69) is 15.9 Å². The average Bonchev–Trinajstić information content (AvgIpc) is 2.36. The molecule has 0 saturated carbocycles. The van der Waals surface area contributed by atoms with Gasteiger partial charge in [0.05, 0.1) is 12.1 Å². The summed E-state index contributed by atoms with van der Waals surface area (Å²) in [5.41, 5.74) is 1.52. The molecule has 2 rings (SSSR count). The minimum Gasteiger partial charge on any atom is -0.478 e. The molecule has 0 aliphatic heterocycles. The zero-order chi connectivity index (χ0) is 14.0. The van der Waals surface area contributed by atoms with E-state index in [4.69, 9.17) is 5.11 Å². The summed E-state index contributed by atoms with van der Waals surface area (Å²) in [5.74, 6) is -0.991. The number of carbonyl (C=O) groups is 1. The first-order chi connectivity index (χ1) is 8.99. The maximum absolute atomic E-state index is 11.9. The Labute approximate surface area is 118 Å². The van der Waals surface area contributed by atoms with E-state index >= 15 is 0 Å². The maximum Gasteiger partial charge on any atom is 0.336 e. The standard InChI is InChI=1S/C14H12BrNO3/c1-9-6-13(17)16(8-12(9)15)7-10-4-2-3-5-11(10)14(18)19/h2-6,8H,7H2,1H3,(H,18,19). The zero-order valence-corrected chi connectivity index (χ0v) is 11.8. The first kappa shape index (κ1) is 13.5. The Bertz CT molecular complexity index is 691. The summed E-state index contributed by atoms with van der Waals surface area (Å²) >= 11 is 3.36. The van der Waals surface area contributed by atoms with Crippen molar-refractivity contribution < 1.29 is 9.90 Å². The minimum atomic E-state index is -0.991. The van der Waals surface area contributed by atoms with Crippen LogP contribution in [0, 0.1) is 6.92 Å². The molecule has 1 aromatic carbocycles. The van der Waals surface area contributed by atoms with E-state index in [1.165, 1.54) is 16.7 Å².